The number of sulfonamides is 1. The van der Waals surface area contributed by atoms with Gasteiger partial charge in [-0.1, -0.05) is 31.5 Å². The van der Waals surface area contributed by atoms with Crippen LogP contribution in [-0.2, 0) is 29.1 Å². The van der Waals surface area contributed by atoms with Gasteiger partial charge in [-0.05, 0) is 52.2 Å². The van der Waals surface area contributed by atoms with Crippen molar-refractivity contribution in [2.24, 2.45) is 11.3 Å². The van der Waals surface area contributed by atoms with Crippen LogP contribution in [-0.4, -0.2) is 39.6 Å². The lowest BCUT2D eigenvalue weighted by Crippen LogP contribution is -2.51. The van der Waals surface area contributed by atoms with E-state index < -0.39 is 39.5 Å². The summed E-state index contributed by atoms with van der Waals surface area (Å²) in [6, 6.07) is 5.37. The first-order valence-corrected chi connectivity index (χ1v) is 10.6. The molecular formula is C20H31NO6S. The van der Waals surface area contributed by atoms with Gasteiger partial charge in [0.15, 0.2) is 0 Å². The minimum absolute atomic E-state index is 0.0335. The van der Waals surface area contributed by atoms with Gasteiger partial charge in [-0.15, -0.1) is 0 Å². The molecule has 0 saturated heterocycles. The van der Waals surface area contributed by atoms with E-state index in [1.165, 1.54) is 19.2 Å². The lowest BCUT2D eigenvalue weighted by Gasteiger charge is -2.29. The van der Waals surface area contributed by atoms with E-state index in [2.05, 4.69) is 4.72 Å². The summed E-state index contributed by atoms with van der Waals surface area (Å²) >= 11 is 0. The van der Waals surface area contributed by atoms with Gasteiger partial charge in [-0.25, -0.2) is 17.9 Å². The third-order valence-corrected chi connectivity index (χ3v) is 5.51. The second-order valence-corrected chi connectivity index (χ2v) is 9.98. The zero-order chi connectivity index (χ0) is 21.7. The van der Waals surface area contributed by atoms with E-state index >= 15 is 0 Å². The van der Waals surface area contributed by atoms with Crippen molar-refractivity contribution in [3.8, 4) is 0 Å². The molecule has 8 heteroatoms. The van der Waals surface area contributed by atoms with Crippen LogP contribution in [0.4, 0.5) is 0 Å². The highest BCUT2D eigenvalue weighted by atomic mass is 32.2. The fraction of sp³-hybridized carbons (Fsp3) is 0.600. The van der Waals surface area contributed by atoms with Crippen LogP contribution in [0.25, 0.3) is 0 Å². The number of carbonyl (C=O) groups is 2. The standard InChI is InChI=1S/C20H31NO6S/c1-13(2)12-16(17(18(22)26-7)27-19(23)20(4,5)6)21-28(24,25)15-10-8-14(3)9-11-15/h8-11,13,16-17,21H,12H2,1-7H3/t16-,17-/m0/s1. The second-order valence-electron chi connectivity index (χ2n) is 8.27. The van der Waals surface area contributed by atoms with Crippen molar-refractivity contribution >= 4 is 22.0 Å². The Hall–Kier alpha value is -1.93. The summed E-state index contributed by atoms with van der Waals surface area (Å²) in [5.41, 5.74) is 0.0639. The van der Waals surface area contributed by atoms with Gasteiger partial charge in [0, 0.05) is 0 Å². The molecule has 0 heterocycles. The molecule has 0 radical (unpaired) electrons. The fourth-order valence-corrected chi connectivity index (χ4v) is 3.68. The number of benzene rings is 1. The maximum atomic E-state index is 12.8. The second kappa shape index (κ2) is 9.52. The minimum atomic E-state index is -3.93. The van der Waals surface area contributed by atoms with Crippen molar-refractivity contribution in [2.45, 2.75) is 65.0 Å². The van der Waals surface area contributed by atoms with Crippen molar-refractivity contribution in [3.05, 3.63) is 29.8 Å². The van der Waals surface area contributed by atoms with Gasteiger partial charge in [-0.3, -0.25) is 4.79 Å². The number of methoxy groups -OCH3 is 1. The molecule has 1 aromatic carbocycles. The molecule has 7 nitrogen and oxygen atoms in total. The van der Waals surface area contributed by atoms with Crippen molar-refractivity contribution < 1.29 is 27.5 Å². The van der Waals surface area contributed by atoms with E-state index in [1.54, 1.807) is 32.9 Å². The lowest BCUT2D eigenvalue weighted by atomic mass is 9.96. The molecule has 0 aromatic heterocycles. The van der Waals surface area contributed by atoms with Crippen LogP contribution in [0, 0.1) is 18.3 Å². The number of carbonyl (C=O) groups excluding carboxylic acids is 2. The first kappa shape index (κ1) is 24.1. The number of rotatable bonds is 8. The van der Waals surface area contributed by atoms with Crippen LogP contribution in [0.15, 0.2) is 29.2 Å². The highest BCUT2D eigenvalue weighted by Gasteiger charge is 2.38. The topological polar surface area (TPSA) is 98.8 Å². The molecule has 0 aliphatic rings. The molecule has 0 aliphatic heterocycles. The molecule has 1 aromatic rings. The Morgan fingerprint density at radius 3 is 2.07 bits per heavy atom. The summed E-state index contributed by atoms with van der Waals surface area (Å²) < 4.78 is 38.4. The number of hydrogen-bond acceptors (Lipinski definition) is 6. The summed E-state index contributed by atoms with van der Waals surface area (Å²) in [4.78, 5) is 24.7. The monoisotopic (exact) mass is 413 g/mol. The van der Waals surface area contributed by atoms with Gasteiger partial charge < -0.3 is 9.47 Å². The summed E-state index contributed by atoms with van der Waals surface area (Å²) in [5.74, 6) is -1.40. The maximum Gasteiger partial charge on any atom is 0.348 e. The molecule has 0 bridgehead atoms. The van der Waals surface area contributed by atoms with Crippen molar-refractivity contribution in [1.82, 2.24) is 4.72 Å². The third-order valence-electron chi connectivity index (χ3n) is 4.01. The van der Waals surface area contributed by atoms with E-state index in [4.69, 9.17) is 9.47 Å². The van der Waals surface area contributed by atoms with Gasteiger partial charge in [-0.2, -0.15) is 0 Å². The van der Waals surface area contributed by atoms with Gasteiger partial charge in [0.2, 0.25) is 16.1 Å². The van der Waals surface area contributed by atoms with Gasteiger partial charge >= 0.3 is 11.9 Å². The Morgan fingerprint density at radius 2 is 1.64 bits per heavy atom. The number of hydrogen-bond donors (Lipinski definition) is 1. The summed E-state index contributed by atoms with van der Waals surface area (Å²) in [6.45, 7) is 10.6. The van der Waals surface area contributed by atoms with Crippen molar-refractivity contribution in [1.29, 1.82) is 0 Å². The summed E-state index contributed by atoms with van der Waals surface area (Å²) in [5, 5.41) is 0. The first-order chi connectivity index (χ1) is 12.8. The molecule has 0 amide bonds. The van der Waals surface area contributed by atoms with Crippen molar-refractivity contribution in [2.75, 3.05) is 7.11 Å². The van der Waals surface area contributed by atoms with Gasteiger partial charge in [0.1, 0.15) is 0 Å². The normalized spacial score (nSPS) is 14.4. The average molecular weight is 414 g/mol. The van der Waals surface area contributed by atoms with Crippen LogP contribution in [0.5, 0.6) is 0 Å². The predicted octanol–water partition coefficient (Wildman–Crippen LogP) is 2.82. The molecule has 0 saturated carbocycles. The molecule has 1 N–H and O–H groups in total. The van der Waals surface area contributed by atoms with E-state index in [0.29, 0.717) is 0 Å². The first-order valence-electron chi connectivity index (χ1n) is 9.16. The van der Waals surface area contributed by atoms with Crippen molar-refractivity contribution in [3.63, 3.8) is 0 Å². The average Bonchev–Trinajstić information content (AvgIpc) is 2.57. The molecule has 2 atom stereocenters. The van der Waals surface area contributed by atoms with Gasteiger partial charge in [0.05, 0.1) is 23.5 Å². The number of ether oxygens (including phenoxy) is 2. The quantitative estimate of drug-likeness (QED) is 0.658. The highest BCUT2D eigenvalue weighted by molar-refractivity contribution is 7.89. The molecule has 1 rings (SSSR count). The molecular weight excluding hydrogens is 382 g/mol. The predicted molar refractivity (Wildman–Crippen MR) is 106 cm³/mol. The van der Waals surface area contributed by atoms with Gasteiger partial charge in [0.25, 0.3) is 0 Å². The molecule has 28 heavy (non-hydrogen) atoms. The van der Waals surface area contributed by atoms with Crippen LogP contribution >= 0.6 is 0 Å². The van der Waals surface area contributed by atoms with E-state index in [-0.39, 0.29) is 17.2 Å². The maximum absolute atomic E-state index is 12.8. The molecule has 0 spiro atoms. The number of esters is 2. The zero-order valence-corrected chi connectivity index (χ0v) is 18.4. The minimum Gasteiger partial charge on any atom is -0.466 e. The Labute approximate surface area is 167 Å². The molecule has 0 unspecified atom stereocenters. The van der Waals surface area contributed by atoms with E-state index in [0.717, 1.165) is 5.56 Å². The third kappa shape index (κ3) is 6.91. The lowest BCUT2D eigenvalue weighted by molar-refractivity contribution is -0.173. The SMILES string of the molecule is COC(=O)[C@@H](OC(=O)C(C)(C)C)[C@H](CC(C)C)NS(=O)(=O)c1ccc(C)cc1. The Morgan fingerprint density at radius 1 is 1.11 bits per heavy atom. The Bertz CT molecular complexity index is 778. The number of nitrogens with one attached hydrogen (secondary N) is 1. The number of aryl methyl sites for hydroxylation is 1. The smallest absolute Gasteiger partial charge is 0.348 e. The highest BCUT2D eigenvalue weighted by Crippen LogP contribution is 2.21. The Kier molecular flexibility index (Phi) is 8.19. The molecule has 0 aliphatic carbocycles. The van der Waals surface area contributed by atoms with Crippen LogP contribution in [0.1, 0.15) is 46.6 Å². The van der Waals surface area contributed by atoms with E-state index in [9.17, 15) is 18.0 Å². The molecule has 158 valence electrons. The van der Waals surface area contributed by atoms with Crippen LogP contribution in [0.3, 0.4) is 0 Å². The molecule has 0 fully saturated rings. The Balaban J connectivity index is 3.25. The zero-order valence-electron chi connectivity index (χ0n) is 17.6. The van der Waals surface area contributed by atoms with Crippen LogP contribution in [0.2, 0.25) is 0 Å². The van der Waals surface area contributed by atoms with E-state index in [1.807, 2.05) is 20.8 Å². The largest absolute Gasteiger partial charge is 0.466 e. The summed E-state index contributed by atoms with van der Waals surface area (Å²) in [7, 11) is -2.76. The van der Waals surface area contributed by atoms with Crippen LogP contribution < -0.4 is 4.72 Å². The summed E-state index contributed by atoms with van der Waals surface area (Å²) in [6.07, 6.45) is -1.11. The fourth-order valence-electron chi connectivity index (χ4n) is 2.43.